The molecule has 1 unspecified atom stereocenters. The fraction of sp³-hybridized carbons (Fsp3) is 0.800. The van der Waals surface area contributed by atoms with E-state index >= 15 is 0 Å². The highest BCUT2D eigenvalue weighted by Crippen LogP contribution is 2.27. The van der Waals surface area contributed by atoms with E-state index in [4.69, 9.17) is 5.11 Å². The fourth-order valence-corrected chi connectivity index (χ4v) is 1.39. The second-order valence-corrected chi connectivity index (χ2v) is 4.13. The molecule has 1 atom stereocenters. The molecule has 0 aromatic heterocycles. The van der Waals surface area contributed by atoms with Gasteiger partial charge >= 0.3 is 5.97 Å². The highest BCUT2D eigenvalue weighted by Gasteiger charge is 2.42. The minimum Gasteiger partial charge on any atom is -0.480 e. The van der Waals surface area contributed by atoms with Crippen LogP contribution in [-0.2, 0) is 9.59 Å². The minimum atomic E-state index is -1.25. The van der Waals surface area contributed by atoms with Gasteiger partial charge in [0.1, 0.15) is 5.41 Å². The molecule has 0 aliphatic heterocycles. The highest BCUT2D eigenvalue weighted by atomic mass is 16.4. The summed E-state index contributed by atoms with van der Waals surface area (Å²) in [6.07, 6.45) is 3.04. The topological polar surface area (TPSA) is 66.4 Å². The maximum atomic E-state index is 11.7. The zero-order chi connectivity index (χ0) is 10.8. The average molecular weight is 199 g/mol. The van der Waals surface area contributed by atoms with Crippen LogP contribution in [-0.4, -0.2) is 23.0 Å². The lowest BCUT2D eigenvalue weighted by atomic mass is 9.84. The van der Waals surface area contributed by atoms with E-state index in [9.17, 15) is 9.59 Å². The molecule has 0 aromatic carbocycles. The second-order valence-electron chi connectivity index (χ2n) is 4.13. The Morgan fingerprint density at radius 3 is 2.43 bits per heavy atom. The molecule has 14 heavy (non-hydrogen) atoms. The minimum absolute atomic E-state index is 0.220. The Morgan fingerprint density at radius 2 is 2.07 bits per heavy atom. The number of hydrogen-bond donors (Lipinski definition) is 2. The quantitative estimate of drug-likeness (QED) is 0.653. The molecule has 0 heterocycles. The molecule has 1 aliphatic rings. The van der Waals surface area contributed by atoms with Gasteiger partial charge in [0.05, 0.1) is 0 Å². The van der Waals surface area contributed by atoms with Crippen molar-refractivity contribution in [2.75, 3.05) is 0 Å². The number of hydrogen-bond acceptors (Lipinski definition) is 2. The summed E-state index contributed by atoms with van der Waals surface area (Å²) in [7, 11) is 0. The molecule has 0 saturated heterocycles. The number of aliphatic carboxylic acids is 1. The molecular weight excluding hydrogens is 182 g/mol. The molecule has 80 valence electrons. The van der Waals surface area contributed by atoms with Crippen molar-refractivity contribution in [3.8, 4) is 0 Å². The van der Waals surface area contributed by atoms with Gasteiger partial charge in [-0.25, -0.2) is 0 Å². The van der Waals surface area contributed by atoms with Gasteiger partial charge in [-0.1, -0.05) is 13.3 Å². The fourth-order valence-electron chi connectivity index (χ4n) is 1.39. The zero-order valence-electron chi connectivity index (χ0n) is 8.67. The van der Waals surface area contributed by atoms with Crippen molar-refractivity contribution in [1.29, 1.82) is 0 Å². The lowest BCUT2D eigenvalue weighted by Crippen LogP contribution is -2.45. The molecule has 0 aromatic rings. The summed E-state index contributed by atoms with van der Waals surface area (Å²) in [6, 6.07) is 0.220. The Kier molecular flexibility index (Phi) is 3.13. The first-order valence-electron chi connectivity index (χ1n) is 5.05. The first-order chi connectivity index (χ1) is 6.50. The number of nitrogens with one attached hydrogen (secondary N) is 1. The van der Waals surface area contributed by atoms with Crippen LogP contribution in [0.2, 0.25) is 0 Å². The van der Waals surface area contributed by atoms with E-state index in [2.05, 4.69) is 5.32 Å². The molecule has 0 radical (unpaired) electrons. The molecule has 4 heteroatoms. The van der Waals surface area contributed by atoms with Crippen molar-refractivity contribution in [3.05, 3.63) is 0 Å². The summed E-state index contributed by atoms with van der Waals surface area (Å²) < 4.78 is 0. The standard InChI is InChI=1S/C10H17NO3/c1-3-6-10(2,9(13)14)8(12)11-7-4-5-7/h7H,3-6H2,1-2H3,(H,11,12)(H,13,14). The van der Waals surface area contributed by atoms with Crippen LogP contribution in [0.1, 0.15) is 39.5 Å². The van der Waals surface area contributed by atoms with Crippen molar-refractivity contribution >= 4 is 11.9 Å². The number of rotatable bonds is 5. The van der Waals surface area contributed by atoms with E-state index in [1.54, 1.807) is 0 Å². The van der Waals surface area contributed by atoms with E-state index < -0.39 is 11.4 Å². The van der Waals surface area contributed by atoms with Gasteiger partial charge in [-0.3, -0.25) is 9.59 Å². The number of amides is 1. The van der Waals surface area contributed by atoms with Crippen LogP contribution in [0.3, 0.4) is 0 Å². The van der Waals surface area contributed by atoms with Gasteiger partial charge in [-0.05, 0) is 26.2 Å². The molecule has 0 spiro atoms. The summed E-state index contributed by atoms with van der Waals surface area (Å²) in [5, 5.41) is 11.7. The van der Waals surface area contributed by atoms with Gasteiger partial charge in [0, 0.05) is 6.04 Å². The van der Waals surface area contributed by atoms with Crippen LogP contribution in [0.4, 0.5) is 0 Å². The van der Waals surface area contributed by atoms with Gasteiger partial charge in [-0.15, -0.1) is 0 Å². The molecule has 1 fully saturated rings. The van der Waals surface area contributed by atoms with Crippen LogP contribution >= 0.6 is 0 Å². The normalized spacial score (nSPS) is 19.9. The first-order valence-corrected chi connectivity index (χ1v) is 5.05. The number of carboxylic acids is 1. The Bertz CT molecular complexity index is 248. The third-order valence-corrected chi connectivity index (χ3v) is 2.64. The van der Waals surface area contributed by atoms with Gasteiger partial charge < -0.3 is 10.4 Å². The predicted octanol–water partition coefficient (Wildman–Crippen LogP) is 1.16. The zero-order valence-corrected chi connectivity index (χ0v) is 8.67. The van der Waals surface area contributed by atoms with E-state index in [-0.39, 0.29) is 11.9 Å². The van der Waals surface area contributed by atoms with Gasteiger partial charge in [-0.2, -0.15) is 0 Å². The summed E-state index contributed by atoms with van der Waals surface area (Å²) in [6.45, 7) is 3.38. The summed E-state index contributed by atoms with van der Waals surface area (Å²) >= 11 is 0. The molecule has 1 aliphatic carbocycles. The third-order valence-electron chi connectivity index (χ3n) is 2.64. The molecule has 1 saturated carbocycles. The predicted molar refractivity (Wildman–Crippen MR) is 51.8 cm³/mol. The largest absolute Gasteiger partial charge is 0.480 e. The maximum Gasteiger partial charge on any atom is 0.318 e. The van der Waals surface area contributed by atoms with Crippen LogP contribution < -0.4 is 5.32 Å². The molecule has 1 rings (SSSR count). The Hall–Kier alpha value is -1.06. The lowest BCUT2D eigenvalue weighted by molar-refractivity contribution is -0.155. The highest BCUT2D eigenvalue weighted by molar-refractivity contribution is 6.01. The smallest absolute Gasteiger partial charge is 0.318 e. The molecular formula is C10H17NO3. The summed E-state index contributed by atoms with van der Waals surface area (Å²) in [5.41, 5.74) is -1.25. The van der Waals surface area contributed by atoms with Crippen LogP contribution in [0, 0.1) is 5.41 Å². The average Bonchev–Trinajstić information content (AvgIpc) is 2.88. The van der Waals surface area contributed by atoms with Crippen LogP contribution in [0.15, 0.2) is 0 Å². The van der Waals surface area contributed by atoms with Gasteiger partial charge in [0.15, 0.2) is 0 Å². The number of carbonyl (C=O) groups is 2. The number of carbonyl (C=O) groups excluding carboxylic acids is 1. The van der Waals surface area contributed by atoms with Crippen molar-refractivity contribution in [2.45, 2.75) is 45.6 Å². The molecule has 1 amide bonds. The number of carboxylic acid groups (broad SMARTS) is 1. The Morgan fingerprint density at radius 1 is 1.50 bits per heavy atom. The molecule has 0 bridgehead atoms. The molecule has 4 nitrogen and oxygen atoms in total. The van der Waals surface area contributed by atoms with Gasteiger partial charge in [0.25, 0.3) is 0 Å². The first kappa shape index (κ1) is 11.0. The van der Waals surface area contributed by atoms with Crippen LogP contribution in [0.5, 0.6) is 0 Å². The van der Waals surface area contributed by atoms with Crippen molar-refractivity contribution in [3.63, 3.8) is 0 Å². The lowest BCUT2D eigenvalue weighted by Gasteiger charge is -2.22. The van der Waals surface area contributed by atoms with E-state index in [1.807, 2.05) is 6.92 Å². The SMILES string of the molecule is CCCC(C)(C(=O)O)C(=O)NC1CC1. The van der Waals surface area contributed by atoms with Crippen molar-refractivity contribution in [2.24, 2.45) is 5.41 Å². The Labute approximate surface area is 83.7 Å². The van der Waals surface area contributed by atoms with Crippen LogP contribution in [0.25, 0.3) is 0 Å². The summed E-state index contributed by atoms with van der Waals surface area (Å²) in [5.74, 6) is -1.37. The Balaban J connectivity index is 2.63. The molecule has 2 N–H and O–H groups in total. The monoisotopic (exact) mass is 199 g/mol. The maximum absolute atomic E-state index is 11.7. The van der Waals surface area contributed by atoms with E-state index in [1.165, 1.54) is 6.92 Å². The third kappa shape index (κ3) is 2.25. The van der Waals surface area contributed by atoms with Gasteiger partial charge in [0.2, 0.25) is 5.91 Å². The second kappa shape index (κ2) is 3.98. The van der Waals surface area contributed by atoms with Crippen molar-refractivity contribution in [1.82, 2.24) is 5.32 Å². The van der Waals surface area contributed by atoms with Crippen molar-refractivity contribution < 1.29 is 14.7 Å². The van der Waals surface area contributed by atoms with E-state index in [0.717, 1.165) is 12.8 Å². The van der Waals surface area contributed by atoms with E-state index in [0.29, 0.717) is 12.8 Å². The summed E-state index contributed by atoms with van der Waals surface area (Å²) in [4.78, 5) is 22.6.